The molecule has 0 fully saturated rings. The van der Waals surface area contributed by atoms with Gasteiger partial charge in [0.15, 0.2) is 0 Å². The first-order valence-corrected chi connectivity index (χ1v) is 7.07. The second-order valence-electron chi connectivity index (χ2n) is 4.35. The van der Waals surface area contributed by atoms with Crippen molar-refractivity contribution in [2.24, 2.45) is 0 Å². The van der Waals surface area contributed by atoms with Crippen molar-refractivity contribution in [3.8, 4) is 0 Å². The van der Waals surface area contributed by atoms with Crippen molar-refractivity contribution in [2.45, 2.75) is 12.3 Å². The number of carbonyl (C=O) groups is 1. The average molecular weight is 358 g/mol. The highest BCUT2D eigenvalue weighted by Gasteiger charge is 2.23. The van der Waals surface area contributed by atoms with Gasteiger partial charge in [-0.15, -0.1) is 0 Å². The minimum absolute atomic E-state index is 0.133. The number of carboxylic acid groups (broad SMARTS) is 1. The monoisotopic (exact) mass is 356 g/mol. The van der Waals surface area contributed by atoms with Gasteiger partial charge in [-0.25, -0.2) is 4.39 Å². The fourth-order valence-electron chi connectivity index (χ4n) is 2.01. The number of benzene rings is 2. The van der Waals surface area contributed by atoms with Crippen LogP contribution in [0.15, 0.2) is 46.9 Å². The van der Waals surface area contributed by atoms with Crippen LogP contribution in [0.3, 0.4) is 0 Å². The molecule has 0 saturated carbocycles. The summed E-state index contributed by atoms with van der Waals surface area (Å²) in [7, 11) is 0. The predicted molar refractivity (Wildman–Crippen MR) is 79.6 cm³/mol. The first-order chi connectivity index (χ1) is 9.49. The van der Waals surface area contributed by atoms with Gasteiger partial charge in [0.1, 0.15) is 5.82 Å². The molecule has 20 heavy (non-hydrogen) atoms. The summed E-state index contributed by atoms with van der Waals surface area (Å²) in [6.07, 6.45) is 0.133. The minimum atomic E-state index is -0.975. The lowest BCUT2D eigenvalue weighted by atomic mass is 9.92. The molecule has 0 aliphatic carbocycles. The molecule has 0 spiro atoms. The maximum absolute atomic E-state index is 13.3. The summed E-state index contributed by atoms with van der Waals surface area (Å²) >= 11 is 9.34. The van der Waals surface area contributed by atoms with Crippen LogP contribution in [0, 0.1) is 5.82 Å². The average Bonchev–Trinajstić information content (AvgIpc) is 2.40. The number of hydrogen-bond donors (Lipinski definition) is 1. The molecule has 0 saturated heterocycles. The summed E-state index contributed by atoms with van der Waals surface area (Å²) in [6, 6.07) is 11.0. The Morgan fingerprint density at radius 3 is 2.65 bits per heavy atom. The van der Waals surface area contributed by atoms with Gasteiger partial charge >= 0.3 is 5.97 Å². The fourth-order valence-corrected chi connectivity index (χ4v) is 2.76. The van der Waals surface area contributed by atoms with E-state index in [0.717, 1.165) is 0 Å². The molecule has 1 unspecified atom stereocenters. The van der Waals surface area contributed by atoms with Crippen molar-refractivity contribution < 1.29 is 14.3 Å². The van der Waals surface area contributed by atoms with Crippen LogP contribution in [0.25, 0.3) is 0 Å². The largest absolute Gasteiger partial charge is 0.481 e. The molecule has 1 atom stereocenters. The Balaban J connectivity index is 2.38. The molecule has 1 N–H and O–H groups in total. The van der Waals surface area contributed by atoms with Crippen LogP contribution in [0.2, 0.25) is 5.02 Å². The highest BCUT2D eigenvalue weighted by Crippen LogP contribution is 2.30. The quantitative estimate of drug-likeness (QED) is 0.864. The van der Waals surface area contributed by atoms with Gasteiger partial charge < -0.3 is 5.11 Å². The van der Waals surface area contributed by atoms with Crippen LogP contribution in [-0.4, -0.2) is 11.1 Å². The fraction of sp³-hybridized carbons (Fsp3) is 0.133. The van der Waals surface area contributed by atoms with E-state index in [0.29, 0.717) is 20.6 Å². The van der Waals surface area contributed by atoms with Gasteiger partial charge in [0.25, 0.3) is 0 Å². The normalized spacial score (nSPS) is 12.2. The van der Waals surface area contributed by atoms with Gasteiger partial charge in [0.05, 0.1) is 5.92 Å². The first-order valence-electron chi connectivity index (χ1n) is 5.90. The van der Waals surface area contributed by atoms with Crippen molar-refractivity contribution in [1.29, 1.82) is 0 Å². The summed E-state index contributed by atoms with van der Waals surface area (Å²) in [4.78, 5) is 11.5. The molecule has 5 heteroatoms. The molecule has 0 aliphatic heterocycles. The summed E-state index contributed by atoms with van der Waals surface area (Å²) in [6.45, 7) is 0. The Morgan fingerprint density at radius 1 is 1.30 bits per heavy atom. The molecule has 0 aliphatic rings. The summed E-state index contributed by atoms with van der Waals surface area (Å²) in [5.41, 5.74) is 1.12. The smallest absolute Gasteiger partial charge is 0.311 e. The van der Waals surface area contributed by atoms with Crippen LogP contribution in [-0.2, 0) is 11.2 Å². The standard InChI is InChI=1S/C15H11BrClFO2/c16-13-4-2-1-3-11(13)12(15(19)20)8-9-7-10(18)5-6-14(9)17/h1-7,12H,8H2,(H,19,20). The van der Waals surface area contributed by atoms with Crippen molar-refractivity contribution in [3.05, 3.63) is 68.9 Å². The molecule has 0 aromatic heterocycles. The van der Waals surface area contributed by atoms with Gasteiger partial charge in [-0.05, 0) is 41.8 Å². The van der Waals surface area contributed by atoms with Gasteiger partial charge in [-0.1, -0.05) is 45.7 Å². The lowest BCUT2D eigenvalue weighted by molar-refractivity contribution is -0.138. The summed E-state index contributed by atoms with van der Waals surface area (Å²) < 4.78 is 14.0. The topological polar surface area (TPSA) is 37.3 Å². The molecule has 2 nitrogen and oxygen atoms in total. The molecule has 0 bridgehead atoms. The first kappa shape index (κ1) is 15.0. The van der Waals surface area contributed by atoms with E-state index in [9.17, 15) is 14.3 Å². The number of hydrogen-bond acceptors (Lipinski definition) is 1. The Morgan fingerprint density at radius 2 is 2.00 bits per heavy atom. The number of halogens is 3. The lowest BCUT2D eigenvalue weighted by Gasteiger charge is -2.15. The van der Waals surface area contributed by atoms with Gasteiger partial charge in [-0.3, -0.25) is 4.79 Å². The van der Waals surface area contributed by atoms with E-state index in [1.165, 1.54) is 18.2 Å². The number of carboxylic acids is 1. The van der Waals surface area contributed by atoms with Crippen molar-refractivity contribution in [2.75, 3.05) is 0 Å². The Hall–Kier alpha value is -1.39. The van der Waals surface area contributed by atoms with Crippen LogP contribution in [0.4, 0.5) is 4.39 Å². The van der Waals surface area contributed by atoms with E-state index in [1.807, 2.05) is 6.07 Å². The molecule has 0 amide bonds. The van der Waals surface area contributed by atoms with Crippen LogP contribution < -0.4 is 0 Å². The third kappa shape index (κ3) is 3.38. The Bertz CT molecular complexity index is 646. The Labute approximate surface area is 129 Å². The third-order valence-electron chi connectivity index (χ3n) is 3.01. The van der Waals surface area contributed by atoms with Gasteiger partial charge in [-0.2, -0.15) is 0 Å². The summed E-state index contributed by atoms with van der Waals surface area (Å²) in [5.74, 6) is -2.19. The van der Waals surface area contributed by atoms with E-state index in [-0.39, 0.29) is 6.42 Å². The van der Waals surface area contributed by atoms with Crippen molar-refractivity contribution in [3.63, 3.8) is 0 Å². The predicted octanol–water partition coefficient (Wildman–Crippen LogP) is 4.65. The minimum Gasteiger partial charge on any atom is -0.481 e. The maximum Gasteiger partial charge on any atom is 0.311 e. The molecular weight excluding hydrogens is 347 g/mol. The molecule has 104 valence electrons. The van der Waals surface area contributed by atoms with E-state index in [4.69, 9.17) is 11.6 Å². The number of rotatable bonds is 4. The van der Waals surface area contributed by atoms with E-state index < -0.39 is 17.7 Å². The van der Waals surface area contributed by atoms with E-state index in [1.54, 1.807) is 18.2 Å². The lowest BCUT2D eigenvalue weighted by Crippen LogP contribution is -2.15. The van der Waals surface area contributed by atoms with Gasteiger partial charge in [0.2, 0.25) is 0 Å². The zero-order valence-corrected chi connectivity index (χ0v) is 12.7. The highest BCUT2D eigenvalue weighted by atomic mass is 79.9. The van der Waals surface area contributed by atoms with Crippen LogP contribution in [0.5, 0.6) is 0 Å². The van der Waals surface area contributed by atoms with Crippen molar-refractivity contribution in [1.82, 2.24) is 0 Å². The molecule has 0 radical (unpaired) electrons. The van der Waals surface area contributed by atoms with E-state index >= 15 is 0 Å². The second kappa shape index (κ2) is 6.37. The SMILES string of the molecule is O=C(O)C(Cc1cc(F)ccc1Cl)c1ccccc1Br. The molecule has 2 aromatic carbocycles. The molecule has 2 aromatic rings. The third-order valence-corrected chi connectivity index (χ3v) is 4.10. The van der Waals surface area contributed by atoms with E-state index in [2.05, 4.69) is 15.9 Å². The number of aliphatic carboxylic acids is 1. The molecule has 2 rings (SSSR count). The maximum atomic E-state index is 13.3. The zero-order chi connectivity index (χ0) is 14.7. The van der Waals surface area contributed by atoms with Crippen LogP contribution >= 0.6 is 27.5 Å². The second-order valence-corrected chi connectivity index (χ2v) is 5.61. The molecule has 0 heterocycles. The van der Waals surface area contributed by atoms with Crippen LogP contribution in [0.1, 0.15) is 17.0 Å². The molecular formula is C15H11BrClFO2. The highest BCUT2D eigenvalue weighted by molar-refractivity contribution is 9.10. The van der Waals surface area contributed by atoms with Crippen molar-refractivity contribution >= 4 is 33.5 Å². The summed E-state index contributed by atoms with van der Waals surface area (Å²) in [5, 5.41) is 9.78. The Kier molecular flexibility index (Phi) is 4.78. The zero-order valence-electron chi connectivity index (χ0n) is 10.3. The van der Waals surface area contributed by atoms with Gasteiger partial charge in [0, 0.05) is 9.50 Å².